The summed E-state index contributed by atoms with van der Waals surface area (Å²) in [6.07, 6.45) is 0.590. The van der Waals surface area contributed by atoms with Crippen molar-refractivity contribution in [3.63, 3.8) is 0 Å². The molecular weight excluding hydrogens is 320 g/mol. The summed E-state index contributed by atoms with van der Waals surface area (Å²) >= 11 is 3.49. The van der Waals surface area contributed by atoms with E-state index in [-0.39, 0.29) is 6.42 Å². The molecule has 0 amide bonds. The molecule has 5 heteroatoms. The fourth-order valence-electron chi connectivity index (χ4n) is 2.43. The van der Waals surface area contributed by atoms with Gasteiger partial charge in [0.15, 0.2) is 0 Å². The van der Waals surface area contributed by atoms with Crippen molar-refractivity contribution in [2.75, 3.05) is 0 Å². The molecule has 1 N–H and O–H groups in total. The SMILES string of the molecule is Cc1ccc(Br)cc1-c1c(C)nn(C)c1CCC(=O)O. The second-order valence-corrected chi connectivity index (χ2v) is 5.80. The van der Waals surface area contributed by atoms with Crippen molar-refractivity contribution in [3.05, 3.63) is 39.6 Å². The maximum absolute atomic E-state index is 10.8. The van der Waals surface area contributed by atoms with Crippen LogP contribution in [0.2, 0.25) is 0 Å². The van der Waals surface area contributed by atoms with Crippen LogP contribution in [0.15, 0.2) is 22.7 Å². The summed E-state index contributed by atoms with van der Waals surface area (Å²) in [5, 5.41) is 13.3. The zero-order chi connectivity index (χ0) is 14.9. The summed E-state index contributed by atoms with van der Waals surface area (Å²) in [5.41, 5.74) is 5.19. The summed E-state index contributed by atoms with van der Waals surface area (Å²) < 4.78 is 2.79. The van der Waals surface area contributed by atoms with Crippen molar-refractivity contribution in [2.45, 2.75) is 26.7 Å². The Morgan fingerprint density at radius 1 is 1.40 bits per heavy atom. The van der Waals surface area contributed by atoms with E-state index in [4.69, 9.17) is 5.11 Å². The zero-order valence-corrected chi connectivity index (χ0v) is 13.4. The van der Waals surface area contributed by atoms with E-state index in [1.54, 1.807) is 4.68 Å². The van der Waals surface area contributed by atoms with Gasteiger partial charge >= 0.3 is 5.97 Å². The van der Waals surface area contributed by atoms with Crippen molar-refractivity contribution < 1.29 is 9.90 Å². The minimum Gasteiger partial charge on any atom is -0.481 e. The van der Waals surface area contributed by atoms with E-state index in [1.165, 1.54) is 0 Å². The Bertz CT molecular complexity index is 662. The van der Waals surface area contributed by atoms with Crippen molar-refractivity contribution in [1.82, 2.24) is 9.78 Å². The first-order chi connectivity index (χ1) is 9.40. The van der Waals surface area contributed by atoms with Gasteiger partial charge in [-0.05, 0) is 37.1 Å². The fourth-order valence-corrected chi connectivity index (χ4v) is 2.79. The number of carboxylic acid groups (broad SMARTS) is 1. The number of hydrogen-bond acceptors (Lipinski definition) is 2. The van der Waals surface area contributed by atoms with E-state index >= 15 is 0 Å². The summed E-state index contributed by atoms with van der Waals surface area (Å²) in [6.45, 7) is 4.01. The van der Waals surface area contributed by atoms with Crippen LogP contribution in [-0.2, 0) is 18.3 Å². The second-order valence-electron chi connectivity index (χ2n) is 4.88. The summed E-state index contributed by atoms with van der Waals surface area (Å²) in [7, 11) is 1.86. The highest BCUT2D eigenvalue weighted by atomic mass is 79.9. The van der Waals surface area contributed by atoms with E-state index in [0.29, 0.717) is 6.42 Å². The highest BCUT2D eigenvalue weighted by molar-refractivity contribution is 9.10. The van der Waals surface area contributed by atoms with E-state index < -0.39 is 5.97 Å². The minimum absolute atomic E-state index is 0.110. The molecule has 0 bridgehead atoms. The van der Waals surface area contributed by atoms with Crippen LogP contribution in [0.3, 0.4) is 0 Å². The van der Waals surface area contributed by atoms with Crippen molar-refractivity contribution in [1.29, 1.82) is 0 Å². The Morgan fingerprint density at radius 3 is 2.75 bits per heavy atom. The number of carboxylic acids is 1. The molecule has 20 heavy (non-hydrogen) atoms. The van der Waals surface area contributed by atoms with Crippen LogP contribution in [0, 0.1) is 13.8 Å². The molecule has 0 atom stereocenters. The van der Waals surface area contributed by atoms with Gasteiger partial charge in [-0.2, -0.15) is 5.10 Å². The first-order valence-corrected chi connectivity index (χ1v) is 7.20. The molecule has 0 radical (unpaired) electrons. The molecule has 0 fully saturated rings. The van der Waals surface area contributed by atoms with Crippen LogP contribution >= 0.6 is 15.9 Å². The van der Waals surface area contributed by atoms with Gasteiger partial charge in [-0.3, -0.25) is 9.48 Å². The molecule has 106 valence electrons. The first-order valence-electron chi connectivity index (χ1n) is 6.41. The monoisotopic (exact) mass is 336 g/mol. The third-order valence-corrected chi connectivity index (χ3v) is 3.88. The highest BCUT2D eigenvalue weighted by Gasteiger charge is 2.17. The van der Waals surface area contributed by atoms with Crippen LogP contribution in [0.1, 0.15) is 23.4 Å². The van der Waals surface area contributed by atoms with E-state index in [0.717, 1.165) is 32.6 Å². The summed E-state index contributed by atoms with van der Waals surface area (Å²) in [5.74, 6) is -0.791. The molecule has 2 rings (SSSR count). The summed E-state index contributed by atoms with van der Waals surface area (Å²) in [4.78, 5) is 10.8. The van der Waals surface area contributed by atoms with Gasteiger partial charge in [0.1, 0.15) is 0 Å². The number of nitrogens with zero attached hydrogens (tertiary/aromatic N) is 2. The maximum atomic E-state index is 10.8. The highest BCUT2D eigenvalue weighted by Crippen LogP contribution is 2.32. The number of aromatic nitrogens is 2. The minimum atomic E-state index is -0.791. The van der Waals surface area contributed by atoms with Gasteiger partial charge in [-0.15, -0.1) is 0 Å². The smallest absolute Gasteiger partial charge is 0.303 e. The molecule has 0 spiro atoms. The molecular formula is C15H17BrN2O2. The number of hydrogen-bond donors (Lipinski definition) is 1. The molecule has 1 heterocycles. The number of benzene rings is 1. The molecule has 4 nitrogen and oxygen atoms in total. The normalized spacial score (nSPS) is 10.8. The van der Waals surface area contributed by atoms with E-state index in [2.05, 4.69) is 34.0 Å². The summed E-state index contributed by atoms with van der Waals surface area (Å²) in [6, 6.07) is 6.11. The molecule has 1 aromatic heterocycles. The van der Waals surface area contributed by atoms with Crippen molar-refractivity contribution in [2.24, 2.45) is 7.05 Å². The van der Waals surface area contributed by atoms with Gasteiger partial charge in [0.25, 0.3) is 0 Å². The van der Waals surface area contributed by atoms with Gasteiger partial charge < -0.3 is 5.11 Å². The third kappa shape index (κ3) is 2.93. The third-order valence-electron chi connectivity index (χ3n) is 3.39. The Kier molecular flexibility index (Phi) is 4.28. The first kappa shape index (κ1) is 14.8. The lowest BCUT2D eigenvalue weighted by molar-refractivity contribution is -0.136. The van der Waals surface area contributed by atoms with Crippen LogP contribution in [-0.4, -0.2) is 20.9 Å². The average molecular weight is 337 g/mol. The lowest BCUT2D eigenvalue weighted by Crippen LogP contribution is -2.04. The second kappa shape index (κ2) is 5.79. The lowest BCUT2D eigenvalue weighted by atomic mass is 9.97. The Balaban J connectivity index is 2.55. The van der Waals surface area contributed by atoms with Gasteiger partial charge in [-0.1, -0.05) is 22.0 Å². The van der Waals surface area contributed by atoms with Crippen LogP contribution in [0.25, 0.3) is 11.1 Å². The van der Waals surface area contributed by atoms with Gasteiger partial charge in [-0.25, -0.2) is 0 Å². The van der Waals surface area contributed by atoms with Crippen molar-refractivity contribution >= 4 is 21.9 Å². The Morgan fingerprint density at radius 2 is 2.10 bits per heavy atom. The van der Waals surface area contributed by atoms with Crippen LogP contribution < -0.4 is 0 Å². The average Bonchev–Trinajstić information content (AvgIpc) is 2.64. The number of carbonyl (C=O) groups is 1. The Hall–Kier alpha value is -1.62. The molecule has 0 aliphatic heterocycles. The molecule has 0 saturated heterocycles. The standard InChI is InChI=1S/C15H17BrN2O2/c1-9-4-5-11(16)8-12(9)15-10(2)17-18(3)13(15)6-7-14(19)20/h4-5,8H,6-7H2,1-3H3,(H,19,20). The molecule has 2 aromatic rings. The van der Waals surface area contributed by atoms with Crippen LogP contribution in [0.5, 0.6) is 0 Å². The van der Waals surface area contributed by atoms with Crippen LogP contribution in [0.4, 0.5) is 0 Å². The maximum Gasteiger partial charge on any atom is 0.303 e. The largest absolute Gasteiger partial charge is 0.481 e. The van der Waals surface area contributed by atoms with Gasteiger partial charge in [0.2, 0.25) is 0 Å². The van der Waals surface area contributed by atoms with Gasteiger partial charge in [0, 0.05) is 29.2 Å². The predicted octanol–water partition coefficient (Wildman–Crippen LogP) is 3.48. The Labute approximate surface area is 126 Å². The topological polar surface area (TPSA) is 55.1 Å². The fraction of sp³-hybridized carbons (Fsp3) is 0.333. The number of aliphatic carboxylic acids is 1. The van der Waals surface area contributed by atoms with Crippen molar-refractivity contribution in [3.8, 4) is 11.1 Å². The number of rotatable bonds is 4. The number of aryl methyl sites for hydroxylation is 3. The lowest BCUT2D eigenvalue weighted by Gasteiger charge is -2.09. The zero-order valence-electron chi connectivity index (χ0n) is 11.8. The quantitative estimate of drug-likeness (QED) is 0.929. The van der Waals surface area contributed by atoms with Gasteiger partial charge in [0.05, 0.1) is 12.1 Å². The molecule has 1 aromatic carbocycles. The molecule has 0 unspecified atom stereocenters. The molecule has 0 aliphatic rings. The van der Waals surface area contributed by atoms with E-state index in [1.807, 2.05) is 26.1 Å². The number of halogens is 1. The molecule has 0 aliphatic carbocycles. The van der Waals surface area contributed by atoms with E-state index in [9.17, 15) is 4.79 Å². The molecule has 0 saturated carbocycles. The predicted molar refractivity (Wildman–Crippen MR) is 81.8 cm³/mol.